The maximum absolute atomic E-state index is 6.39. The molecule has 1 nitrogen and oxygen atoms in total. The van der Waals surface area contributed by atoms with Crippen molar-refractivity contribution in [1.82, 2.24) is 0 Å². The van der Waals surface area contributed by atoms with Crippen LogP contribution < -0.4 is 4.90 Å². The Kier molecular flexibility index (Phi) is 4.90. The maximum atomic E-state index is 6.39. The van der Waals surface area contributed by atoms with Gasteiger partial charge in [0, 0.05) is 28.3 Å². The van der Waals surface area contributed by atoms with Crippen LogP contribution in [0.25, 0.3) is 21.5 Å². The van der Waals surface area contributed by atoms with E-state index in [0.717, 1.165) is 17.3 Å². The minimum absolute atomic E-state index is 0.742. The van der Waals surface area contributed by atoms with E-state index in [1.807, 2.05) is 18.2 Å². The summed E-state index contributed by atoms with van der Waals surface area (Å²) in [5.74, 6) is 0. The first-order valence-corrected chi connectivity index (χ1v) is 10.6. The van der Waals surface area contributed by atoms with Crippen LogP contribution in [0.3, 0.4) is 0 Å². The van der Waals surface area contributed by atoms with Gasteiger partial charge in [-0.25, -0.2) is 0 Å². The van der Waals surface area contributed by atoms with E-state index in [-0.39, 0.29) is 0 Å². The van der Waals surface area contributed by atoms with Gasteiger partial charge < -0.3 is 4.90 Å². The highest BCUT2D eigenvalue weighted by atomic mass is 35.5. The molecule has 0 amide bonds. The van der Waals surface area contributed by atoms with Crippen molar-refractivity contribution in [3.05, 3.63) is 119 Å². The van der Waals surface area contributed by atoms with Crippen LogP contribution in [0.15, 0.2) is 103 Å². The van der Waals surface area contributed by atoms with Crippen molar-refractivity contribution in [1.29, 1.82) is 0 Å². The molecule has 0 N–H and O–H groups in total. The Balaban J connectivity index is 1.72. The van der Waals surface area contributed by atoms with Gasteiger partial charge in [0.25, 0.3) is 0 Å². The number of nitrogens with zero attached hydrogens (tertiary/aromatic N) is 1. The van der Waals surface area contributed by atoms with E-state index >= 15 is 0 Å². The summed E-state index contributed by atoms with van der Waals surface area (Å²) in [7, 11) is 0. The van der Waals surface area contributed by atoms with Gasteiger partial charge in [0.2, 0.25) is 0 Å². The molecule has 0 aromatic heterocycles. The molecule has 0 unspecified atom stereocenters. The lowest BCUT2D eigenvalue weighted by atomic mass is 10.0. The molecule has 0 aliphatic rings. The van der Waals surface area contributed by atoms with Crippen molar-refractivity contribution < 1.29 is 0 Å². The average molecular weight is 408 g/mol. The molecule has 0 heterocycles. The molecule has 0 radical (unpaired) electrons. The Morgan fingerprint density at radius 3 is 2.20 bits per heavy atom. The van der Waals surface area contributed by atoms with E-state index in [2.05, 4.69) is 96.8 Å². The SMILES string of the molecule is Cc1ccc(N(Cc2cccc3ccccc23)c2cccc(Cl)c2)c2ccccc12. The second-order valence-corrected chi connectivity index (χ2v) is 8.09. The third-order valence-corrected chi connectivity index (χ3v) is 5.97. The fraction of sp³-hybridized carbons (Fsp3) is 0.0714. The molecule has 5 rings (SSSR count). The van der Waals surface area contributed by atoms with Gasteiger partial charge in [0.15, 0.2) is 0 Å². The highest BCUT2D eigenvalue weighted by Gasteiger charge is 2.16. The summed E-state index contributed by atoms with van der Waals surface area (Å²) in [5, 5.41) is 5.81. The Bertz CT molecular complexity index is 1350. The first kappa shape index (κ1) is 18.7. The summed E-state index contributed by atoms with van der Waals surface area (Å²) in [6, 6.07) is 36.3. The van der Waals surface area contributed by atoms with Crippen molar-refractivity contribution >= 4 is 44.5 Å². The average Bonchev–Trinajstić information content (AvgIpc) is 2.78. The zero-order chi connectivity index (χ0) is 20.5. The number of aryl methyl sites for hydroxylation is 1. The molecule has 0 aliphatic heterocycles. The largest absolute Gasteiger partial charge is 0.336 e. The molecule has 0 saturated carbocycles. The minimum Gasteiger partial charge on any atom is -0.336 e. The van der Waals surface area contributed by atoms with Crippen LogP contribution in [-0.4, -0.2) is 0 Å². The lowest BCUT2D eigenvalue weighted by Gasteiger charge is -2.28. The van der Waals surface area contributed by atoms with Crippen molar-refractivity contribution in [2.45, 2.75) is 13.5 Å². The van der Waals surface area contributed by atoms with Gasteiger partial charge in [-0.2, -0.15) is 0 Å². The first-order chi connectivity index (χ1) is 14.7. The summed E-state index contributed by atoms with van der Waals surface area (Å²) in [5.41, 5.74) is 4.85. The van der Waals surface area contributed by atoms with Gasteiger partial charge in [-0.15, -0.1) is 0 Å². The van der Waals surface area contributed by atoms with E-state index in [1.165, 1.54) is 38.4 Å². The lowest BCUT2D eigenvalue weighted by molar-refractivity contribution is 0.989. The maximum Gasteiger partial charge on any atom is 0.0493 e. The zero-order valence-electron chi connectivity index (χ0n) is 16.8. The highest BCUT2D eigenvalue weighted by molar-refractivity contribution is 6.30. The second-order valence-electron chi connectivity index (χ2n) is 7.65. The van der Waals surface area contributed by atoms with E-state index in [0.29, 0.717) is 0 Å². The third kappa shape index (κ3) is 3.42. The molecule has 30 heavy (non-hydrogen) atoms. The molecule has 5 aromatic rings. The van der Waals surface area contributed by atoms with Crippen molar-refractivity contribution in [3.8, 4) is 0 Å². The lowest BCUT2D eigenvalue weighted by Crippen LogP contribution is -2.17. The van der Waals surface area contributed by atoms with Crippen molar-refractivity contribution in [2.24, 2.45) is 0 Å². The van der Waals surface area contributed by atoms with Crippen LogP contribution >= 0.6 is 11.6 Å². The highest BCUT2D eigenvalue weighted by Crippen LogP contribution is 2.36. The quantitative estimate of drug-likeness (QED) is 0.289. The molecule has 5 aromatic carbocycles. The Morgan fingerprint density at radius 2 is 1.37 bits per heavy atom. The number of fused-ring (bicyclic) bond motifs is 2. The summed E-state index contributed by atoms with van der Waals surface area (Å²) in [4.78, 5) is 2.37. The van der Waals surface area contributed by atoms with Gasteiger partial charge in [-0.3, -0.25) is 0 Å². The molecular formula is C28H22ClN. The van der Waals surface area contributed by atoms with Gasteiger partial charge in [0.1, 0.15) is 0 Å². The van der Waals surface area contributed by atoms with Crippen molar-refractivity contribution in [2.75, 3.05) is 4.90 Å². The zero-order valence-corrected chi connectivity index (χ0v) is 17.6. The van der Waals surface area contributed by atoms with Gasteiger partial charge in [0.05, 0.1) is 0 Å². The van der Waals surface area contributed by atoms with Crippen LogP contribution in [0.4, 0.5) is 11.4 Å². The van der Waals surface area contributed by atoms with Crippen molar-refractivity contribution in [3.63, 3.8) is 0 Å². The summed E-state index contributed by atoms with van der Waals surface area (Å²) >= 11 is 6.39. The Hall–Kier alpha value is -3.29. The molecular weight excluding hydrogens is 386 g/mol. The summed E-state index contributed by atoms with van der Waals surface area (Å²) in [6.45, 7) is 2.93. The number of halogens is 1. The van der Waals surface area contributed by atoms with Crippen LogP contribution in [0, 0.1) is 6.92 Å². The van der Waals surface area contributed by atoms with Gasteiger partial charge >= 0.3 is 0 Å². The van der Waals surface area contributed by atoms with Crippen LogP contribution in [-0.2, 0) is 6.54 Å². The number of rotatable bonds is 4. The summed E-state index contributed by atoms with van der Waals surface area (Å²) in [6.07, 6.45) is 0. The molecule has 0 saturated heterocycles. The monoisotopic (exact) mass is 407 g/mol. The Morgan fingerprint density at radius 1 is 0.667 bits per heavy atom. The molecule has 146 valence electrons. The Labute approximate surface area is 182 Å². The fourth-order valence-electron chi connectivity index (χ4n) is 4.23. The van der Waals surface area contributed by atoms with Gasteiger partial charge in [-0.1, -0.05) is 90.5 Å². The smallest absolute Gasteiger partial charge is 0.0493 e. The van der Waals surface area contributed by atoms with E-state index in [4.69, 9.17) is 11.6 Å². The molecule has 0 fully saturated rings. The second kappa shape index (κ2) is 7.85. The van der Waals surface area contributed by atoms with Crippen LogP contribution in [0.2, 0.25) is 5.02 Å². The number of hydrogen-bond acceptors (Lipinski definition) is 1. The van der Waals surface area contributed by atoms with E-state index < -0.39 is 0 Å². The van der Waals surface area contributed by atoms with Crippen LogP contribution in [0.5, 0.6) is 0 Å². The standard InChI is InChI=1S/C28H22ClN/c1-20-16-17-28(27-15-5-4-13-25(20)27)30(24-12-7-11-23(29)18-24)19-22-10-6-9-21-8-2-3-14-26(21)22/h2-18H,19H2,1H3. The topological polar surface area (TPSA) is 3.24 Å². The first-order valence-electron chi connectivity index (χ1n) is 10.2. The molecule has 2 heteroatoms. The fourth-order valence-corrected chi connectivity index (χ4v) is 4.41. The number of anilines is 2. The van der Waals surface area contributed by atoms with E-state index in [1.54, 1.807) is 0 Å². The number of hydrogen-bond donors (Lipinski definition) is 0. The molecule has 0 atom stereocenters. The minimum atomic E-state index is 0.742. The van der Waals surface area contributed by atoms with Crippen LogP contribution in [0.1, 0.15) is 11.1 Å². The molecule has 0 spiro atoms. The summed E-state index contributed by atoms with van der Waals surface area (Å²) < 4.78 is 0. The predicted molar refractivity (Wildman–Crippen MR) is 130 cm³/mol. The van der Waals surface area contributed by atoms with E-state index in [9.17, 15) is 0 Å². The normalized spacial score (nSPS) is 11.1. The molecule has 0 bridgehead atoms. The molecule has 0 aliphatic carbocycles. The van der Waals surface area contributed by atoms with Gasteiger partial charge in [-0.05, 0) is 58.5 Å². The predicted octanol–water partition coefficient (Wildman–Crippen LogP) is 8.29. The number of benzene rings is 5. The third-order valence-electron chi connectivity index (χ3n) is 5.74.